The minimum atomic E-state index is -0.870. The van der Waals surface area contributed by atoms with E-state index >= 15 is 0 Å². The first-order valence-corrected chi connectivity index (χ1v) is 11.2. The second-order valence-corrected chi connectivity index (χ2v) is 8.31. The summed E-state index contributed by atoms with van der Waals surface area (Å²) in [5.74, 6) is -1.86. The van der Waals surface area contributed by atoms with Gasteiger partial charge in [0.05, 0.1) is 17.1 Å². The number of aryl methyl sites for hydroxylation is 1. The Morgan fingerprint density at radius 3 is 2.32 bits per heavy atom. The smallest absolute Gasteiger partial charge is 0.323 e. The van der Waals surface area contributed by atoms with Crippen molar-refractivity contribution in [1.29, 1.82) is 0 Å². The van der Waals surface area contributed by atoms with Crippen LogP contribution in [0.2, 0.25) is 0 Å². The van der Waals surface area contributed by atoms with Crippen molar-refractivity contribution in [2.75, 3.05) is 33.9 Å². The van der Waals surface area contributed by atoms with Crippen LogP contribution in [0.15, 0.2) is 60.7 Å². The van der Waals surface area contributed by atoms with Gasteiger partial charge in [0, 0.05) is 30.4 Å². The topological polar surface area (TPSA) is 73.5 Å². The Balaban J connectivity index is 1.57. The van der Waals surface area contributed by atoms with Crippen LogP contribution in [0.3, 0.4) is 0 Å². The SMILES string of the molecule is Cc1cccc(C(=O)Nc2ccc(N3CCCCC3)c(NC(=O)Nc3ccc(F)cc3F)c2)c1. The molecule has 3 amide bonds. The van der Waals surface area contributed by atoms with E-state index in [1.54, 1.807) is 24.3 Å². The highest BCUT2D eigenvalue weighted by Crippen LogP contribution is 2.32. The number of amides is 3. The second-order valence-electron chi connectivity index (χ2n) is 8.31. The Morgan fingerprint density at radius 1 is 0.824 bits per heavy atom. The first-order chi connectivity index (χ1) is 16.4. The number of hydrogen-bond acceptors (Lipinski definition) is 3. The molecule has 0 unspecified atom stereocenters. The van der Waals surface area contributed by atoms with E-state index in [1.807, 2.05) is 25.1 Å². The van der Waals surface area contributed by atoms with Gasteiger partial charge in [0.2, 0.25) is 0 Å². The average Bonchev–Trinajstić information content (AvgIpc) is 2.82. The predicted molar refractivity (Wildman–Crippen MR) is 131 cm³/mol. The molecule has 0 aromatic heterocycles. The fourth-order valence-corrected chi connectivity index (χ4v) is 3.98. The Morgan fingerprint density at radius 2 is 1.59 bits per heavy atom. The van der Waals surface area contributed by atoms with E-state index in [0.717, 1.165) is 55.7 Å². The van der Waals surface area contributed by atoms with Crippen LogP contribution in [0.1, 0.15) is 35.2 Å². The third kappa shape index (κ3) is 5.70. The molecule has 1 heterocycles. The van der Waals surface area contributed by atoms with Crippen molar-refractivity contribution >= 4 is 34.7 Å². The van der Waals surface area contributed by atoms with Crippen LogP contribution in [-0.4, -0.2) is 25.0 Å². The van der Waals surface area contributed by atoms with E-state index in [9.17, 15) is 18.4 Å². The van der Waals surface area contributed by atoms with Gasteiger partial charge in [-0.1, -0.05) is 17.7 Å². The lowest BCUT2D eigenvalue weighted by Gasteiger charge is -2.31. The maximum atomic E-state index is 14.0. The second kappa shape index (κ2) is 10.3. The summed E-state index contributed by atoms with van der Waals surface area (Å²) in [5, 5.41) is 8.03. The van der Waals surface area contributed by atoms with Crippen molar-refractivity contribution in [1.82, 2.24) is 0 Å². The quantitative estimate of drug-likeness (QED) is 0.423. The van der Waals surface area contributed by atoms with Gasteiger partial charge in [0.1, 0.15) is 11.6 Å². The van der Waals surface area contributed by atoms with Gasteiger partial charge in [-0.05, 0) is 68.7 Å². The van der Waals surface area contributed by atoms with E-state index in [2.05, 4.69) is 20.9 Å². The van der Waals surface area contributed by atoms with Crippen LogP contribution in [-0.2, 0) is 0 Å². The molecule has 176 valence electrons. The molecule has 0 bridgehead atoms. The summed E-state index contributed by atoms with van der Waals surface area (Å²) in [5.41, 5.74) is 3.16. The van der Waals surface area contributed by atoms with Gasteiger partial charge in [-0.25, -0.2) is 13.6 Å². The van der Waals surface area contributed by atoms with E-state index in [0.29, 0.717) is 23.0 Å². The summed E-state index contributed by atoms with van der Waals surface area (Å²) in [7, 11) is 0. The molecule has 3 aromatic carbocycles. The van der Waals surface area contributed by atoms with Gasteiger partial charge in [-0.15, -0.1) is 0 Å². The summed E-state index contributed by atoms with van der Waals surface area (Å²) >= 11 is 0. The number of carbonyl (C=O) groups is 2. The summed E-state index contributed by atoms with van der Waals surface area (Å²) < 4.78 is 27.2. The van der Waals surface area contributed by atoms with Crippen LogP contribution >= 0.6 is 0 Å². The molecule has 3 aromatic rings. The standard InChI is InChI=1S/C26H26F2N4O2/c1-17-6-5-7-18(14-17)25(33)29-20-9-11-24(32-12-3-2-4-13-32)23(16-20)31-26(34)30-22-10-8-19(27)15-21(22)28/h5-11,14-16H,2-4,12-13H2,1H3,(H,29,33)(H2,30,31,34). The lowest BCUT2D eigenvalue weighted by molar-refractivity contribution is 0.102. The lowest BCUT2D eigenvalue weighted by atomic mass is 10.1. The monoisotopic (exact) mass is 464 g/mol. The summed E-state index contributed by atoms with van der Waals surface area (Å²) in [6.07, 6.45) is 3.23. The zero-order valence-electron chi connectivity index (χ0n) is 18.8. The molecule has 8 heteroatoms. The molecule has 1 aliphatic heterocycles. The number of nitrogens with one attached hydrogen (secondary N) is 3. The van der Waals surface area contributed by atoms with Gasteiger partial charge < -0.3 is 20.9 Å². The zero-order valence-corrected chi connectivity index (χ0v) is 18.8. The number of halogens is 2. The van der Waals surface area contributed by atoms with Crippen molar-refractivity contribution in [2.24, 2.45) is 0 Å². The zero-order chi connectivity index (χ0) is 24.1. The molecule has 0 saturated carbocycles. The van der Waals surface area contributed by atoms with Gasteiger partial charge in [-0.3, -0.25) is 4.79 Å². The Kier molecular flexibility index (Phi) is 7.06. The van der Waals surface area contributed by atoms with E-state index in [-0.39, 0.29) is 11.6 Å². The Bertz CT molecular complexity index is 1210. The van der Waals surface area contributed by atoms with E-state index in [1.165, 1.54) is 0 Å². The average molecular weight is 465 g/mol. The minimum absolute atomic E-state index is 0.137. The molecule has 1 aliphatic rings. The van der Waals surface area contributed by atoms with Crippen LogP contribution in [0, 0.1) is 18.6 Å². The summed E-state index contributed by atoms with van der Waals surface area (Å²) in [4.78, 5) is 27.5. The third-order valence-corrected chi connectivity index (χ3v) is 5.66. The normalized spacial score (nSPS) is 13.3. The maximum Gasteiger partial charge on any atom is 0.323 e. The first-order valence-electron chi connectivity index (χ1n) is 11.2. The molecule has 1 saturated heterocycles. The Hall–Kier alpha value is -3.94. The third-order valence-electron chi connectivity index (χ3n) is 5.66. The van der Waals surface area contributed by atoms with E-state index < -0.39 is 17.7 Å². The number of nitrogens with zero attached hydrogens (tertiary/aromatic N) is 1. The first kappa shape index (κ1) is 23.2. The maximum absolute atomic E-state index is 14.0. The van der Waals surface area contributed by atoms with Crippen molar-refractivity contribution < 1.29 is 18.4 Å². The number of piperidine rings is 1. The van der Waals surface area contributed by atoms with Crippen LogP contribution in [0.5, 0.6) is 0 Å². The molecular formula is C26H26F2N4O2. The Labute approximate surface area is 197 Å². The lowest BCUT2D eigenvalue weighted by Crippen LogP contribution is -2.31. The molecule has 34 heavy (non-hydrogen) atoms. The molecule has 0 radical (unpaired) electrons. The highest BCUT2D eigenvalue weighted by Gasteiger charge is 2.18. The van der Waals surface area contributed by atoms with Gasteiger partial charge >= 0.3 is 6.03 Å². The van der Waals surface area contributed by atoms with Gasteiger partial charge in [0.15, 0.2) is 0 Å². The van der Waals surface area contributed by atoms with Crippen LogP contribution in [0.25, 0.3) is 0 Å². The molecule has 0 atom stereocenters. The summed E-state index contributed by atoms with van der Waals surface area (Å²) in [6.45, 7) is 3.60. The fraction of sp³-hybridized carbons (Fsp3) is 0.231. The number of hydrogen-bond donors (Lipinski definition) is 3. The van der Waals surface area contributed by atoms with Gasteiger partial charge in [0.25, 0.3) is 5.91 Å². The van der Waals surface area contributed by atoms with Crippen molar-refractivity contribution in [3.8, 4) is 0 Å². The highest BCUT2D eigenvalue weighted by molar-refractivity contribution is 6.06. The van der Waals surface area contributed by atoms with Crippen molar-refractivity contribution in [3.05, 3.63) is 83.4 Å². The molecule has 0 aliphatic carbocycles. The van der Waals surface area contributed by atoms with Crippen LogP contribution in [0.4, 0.5) is 36.3 Å². The molecule has 6 nitrogen and oxygen atoms in total. The summed E-state index contributed by atoms with van der Waals surface area (Å²) in [6, 6.07) is 14.8. The number of urea groups is 1. The molecule has 0 spiro atoms. The van der Waals surface area contributed by atoms with Crippen LogP contribution < -0.4 is 20.9 Å². The molecule has 4 rings (SSSR count). The molecular weight excluding hydrogens is 438 g/mol. The molecule has 1 fully saturated rings. The number of benzene rings is 3. The highest BCUT2D eigenvalue weighted by atomic mass is 19.1. The van der Waals surface area contributed by atoms with Gasteiger partial charge in [-0.2, -0.15) is 0 Å². The minimum Gasteiger partial charge on any atom is -0.370 e. The van der Waals surface area contributed by atoms with Crippen molar-refractivity contribution in [3.63, 3.8) is 0 Å². The van der Waals surface area contributed by atoms with Crippen molar-refractivity contribution in [2.45, 2.75) is 26.2 Å². The largest absolute Gasteiger partial charge is 0.370 e. The molecule has 3 N–H and O–H groups in total. The fourth-order valence-electron chi connectivity index (χ4n) is 3.98. The number of carbonyl (C=O) groups excluding carboxylic acids is 2. The van der Waals surface area contributed by atoms with E-state index in [4.69, 9.17) is 0 Å². The predicted octanol–water partition coefficient (Wildman–Crippen LogP) is 6.16. The number of rotatable bonds is 5. The number of anilines is 4.